The third-order valence-electron chi connectivity index (χ3n) is 3.37. The third kappa shape index (κ3) is 3.60. The summed E-state index contributed by atoms with van der Waals surface area (Å²) in [4.78, 5) is 12.1. The van der Waals surface area contributed by atoms with Gasteiger partial charge in [0.1, 0.15) is 0 Å². The summed E-state index contributed by atoms with van der Waals surface area (Å²) in [5.74, 6) is 1.41. The van der Waals surface area contributed by atoms with E-state index in [2.05, 4.69) is 21.2 Å². The summed E-state index contributed by atoms with van der Waals surface area (Å²) in [6, 6.07) is 13.0. The molecule has 1 N–H and O–H groups in total. The predicted molar refractivity (Wildman–Crippen MR) is 87.4 cm³/mol. The van der Waals surface area contributed by atoms with Crippen molar-refractivity contribution in [3.63, 3.8) is 0 Å². The maximum atomic E-state index is 12.1. The van der Waals surface area contributed by atoms with E-state index in [1.807, 2.05) is 30.3 Å². The van der Waals surface area contributed by atoms with Gasteiger partial charge in [-0.2, -0.15) is 0 Å². The Bertz CT molecular complexity index is 670. The number of hydrogen-bond donors (Lipinski definition) is 1. The predicted octanol–water partition coefficient (Wildman–Crippen LogP) is 3.54. The zero-order chi connectivity index (χ0) is 15.4. The lowest BCUT2D eigenvalue weighted by atomic mass is 10.1. The molecule has 0 unspecified atom stereocenters. The second-order valence-electron chi connectivity index (χ2n) is 5.02. The van der Waals surface area contributed by atoms with Crippen LogP contribution in [0.2, 0.25) is 0 Å². The lowest BCUT2D eigenvalue weighted by Gasteiger charge is -2.10. The molecule has 1 aliphatic rings. The molecule has 3 rings (SSSR count). The van der Waals surface area contributed by atoms with E-state index in [0.717, 1.165) is 28.0 Å². The Kier molecular flexibility index (Phi) is 4.63. The summed E-state index contributed by atoms with van der Waals surface area (Å²) in [5, 5.41) is 2.91. The van der Waals surface area contributed by atoms with Crippen molar-refractivity contribution in [3.8, 4) is 11.5 Å². The van der Waals surface area contributed by atoms with Crippen molar-refractivity contribution >= 4 is 21.8 Å². The molecule has 0 fully saturated rings. The van der Waals surface area contributed by atoms with Crippen molar-refractivity contribution in [2.75, 3.05) is 13.2 Å². The summed E-state index contributed by atoms with van der Waals surface area (Å²) in [5.41, 5.74) is 1.62. The SMILES string of the molecule is O=C(NCc1ccc2c(c1)OCCCO2)c1ccc(Br)cc1. The number of carbonyl (C=O) groups is 1. The van der Waals surface area contributed by atoms with Gasteiger partial charge < -0.3 is 14.8 Å². The maximum Gasteiger partial charge on any atom is 0.251 e. The number of hydrogen-bond acceptors (Lipinski definition) is 3. The first kappa shape index (κ1) is 14.9. The standard InChI is InChI=1S/C17H16BrNO3/c18-14-5-3-13(4-6-14)17(20)19-11-12-2-7-15-16(10-12)22-9-1-8-21-15/h2-7,10H,1,8-9,11H2,(H,19,20). The minimum Gasteiger partial charge on any atom is -0.490 e. The molecule has 0 spiro atoms. The molecule has 1 heterocycles. The first-order chi connectivity index (χ1) is 10.7. The van der Waals surface area contributed by atoms with Gasteiger partial charge >= 0.3 is 0 Å². The van der Waals surface area contributed by atoms with Crippen LogP contribution in [0.15, 0.2) is 46.9 Å². The number of fused-ring (bicyclic) bond motifs is 1. The maximum absolute atomic E-state index is 12.1. The Morgan fingerprint density at radius 3 is 2.55 bits per heavy atom. The number of halogens is 1. The normalized spacial score (nSPS) is 13.3. The van der Waals surface area contributed by atoms with Gasteiger partial charge in [-0.15, -0.1) is 0 Å². The fraction of sp³-hybridized carbons (Fsp3) is 0.235. The van der Waals surface area contributed by atoms with Crippen molar-refractivity contribution < 1.29 is 14.3 Å². The zero-order valence-electron chi connectivity index (χ0n) is 12.0. The molecule has 2 aromatic rings. The van der Waals surface area contributed by atoms with Gasteiger partial charge in [0, 0.05) is 23.0 Å². The number of nitrogens with one attached hydrogen (secondary N) is 1. The molecule has 114 valence electrons. The molecule has 0 atom stereocenters. The van der Waals surface area contributed by atoms with Gasteiger partial charge in [0.05, 0.1) is 13.2 Å². The fourth-order valence-electron chi connectivity index (χ4n) is 2.20. The Labute approximate surface area is 137 Å². The molecule has 22 heavy (non-hydrogen) atoms. The minimum atomic E-state index is -0.0976. The van der Waals surface area contributed by atoms with Crippen LogP contribution in [-0.4, -0.2) is 19.1 Å². The molecule has 1 aliphatic heterocycles. The third-order valence-corrected chi connectivity index (χ3v) is 3.90. The molecule has 1 amide bonds. The van der Waals surface area contributed by atoms with Crippen LogP contribution < -0.4 is 14.8 Å². The van der Waals surface area contributed by atoms with Crippen molar-refractivity contribution in [2.45, 2.75) is 13.0 Å². The van der Waals surface area contributed by atoms with Crippen LogP contribution in [0.5, 0.6) is 11.5 Å². The van der Waals surface area contributed by atoms with Gasteiger partial charge in [0.2, 0.25) is 0 Å². The van der Waals surface area contributed by atoms with Crippen molar-refractivity contribution in [1.82, 2.24) is 5.32 Å². The summed E-state index contributed by atoms with van der Waals surface area (Å²) < 4.78 is 12.2. The molecule has 0 aliphatic carbocycles. The number of amides is 1. The van der Waals surface area contributed by atoms with Crippen molar-refractivity contribution in [3.05, 3.63) is 58.1 Å². The molecule has 2 aromatic carbocycles. The lowest BCUT2D eigenvalue weighted by Crippen LogP contribution is -2.22. The van der Waals surface area contributed by atoms with Gasteiger partial charge in [0.15, 0.2) is 11.5 Å². The average Bonchev–Trinajstić information content (AvgIpc) is 2.78. The van der Waals surface area contributed by atoms with Crippen molar-refractivity contribution in [1.29, 1.82) is 0 Å². The zero-order valence-corrected chi connectivity index (χ0v) is 13.6. The highest BCUT2D eigenvalue weighted by Crippen LogP contribution is 2.30. The van der Waals surface area contributed by atoms with Crippen LogP contribution in [-0.2, 0) is 6.54 Å². The first-order valence-corrected chi connectivity index (χ1v) is 7.94. The van der Waals surface area contributed by atoms with Crippen molar-refractivity contribution in [2.24, 2.45) is 0 Å². The average molecular weight is 362 g/mol. The van der Waals surface area contributed by atoms with Crippen LogP contribution >= 0.6 is 15.9 Å². The number of ether oxygens (including phenoxy) is 2. The van der Waals surface area contributed by atoms with Gasteiger partial charge in [-0.25, -0.2) is 0 Å². The summed E-state index contributed by atoms with van der Waals surface area (Å²) in [7, 11) is 0. The van der Waals surface area contributed by atoms with Crippen LogP contribution in [0, 0.1) is 0 Å². The topological polar surface area (TPSA) is 47.6 Å². The summed E-state index contributed by atoms with van der Waals surface area (Å²) in [6.45, 7) is 1.78. The van der Waals surface area contributed by atoms with E-state index in [4.69, 9.17) is 9.47 Å². The molecule has 0 saturated heterocycles. The van der Waals surface area contributed by atoms with E-state index >= 15 is 0 Å². The molecule has 0 aromatic heterocycles. The Morgan fingerprint density at radius 1 is 1.05 bits per heavy atom. The van der Waals surface area contributed by atoms with E-state index < -0.39 is 0 Å². The van der Waals surface area contributed by atoms with Crippen LogP contribution in [0.4, 0.5) is 0 Å². The van der Waals surface area contributed by atoms with Gasteiger partial charge in [-0.3, -0.25) is 4.79 Å². The van der Waals surface area contributed by atoms with Crippen LogP contribution in [0.1, 0.15) is 22.3 Å². The summed E-state index contributed by atoms with van der Waals surface area (Å²) >= 11 is 3.35. The molecule has 0 saturated carbocycles. The number of rotatable bonds is 3. The number of benzene rings is 2. The largest absolute Gasteiger partial charge is 0.490 e. The van der Waals surface area contributed by atoms with Crippen LogP contribution in [0.25, 0.3) is 0 Å². The molecule has 5 heteroatoms. The molecular formula is C17H16BrNO3. The molecule has 0 bridgehead atoms. The Hall–Kier alpha value is -2.01. The number of carbonyl (C=O) groups excluding carboxylic acids is 1. The van der Waals surface area contributed by atoms with E-state index in [9.17, 15) is 4.79 Å². The fourth-order valence-corrected chi connectivity index (χ4v) is 2.47. The van der Waals surface area contributed by atoms with Gasteiger partial charge in [-0.05, 0) is 42.0 Å². The van der Waals surface area contributed by atoms with Gasteiger partial charge in [-0.1, -0.05) is 22.0 Å². The Morgan fingerprint density at radius 2 is 1.77 bits per heavy atom. The smallest absolute Gasteiger partial charge is 0.251 e. The minimum absolute atomic E-state index is 0.0976. The lowest BCUT2D eigenvalue weighted by molar-refractivity contribution is 0.0951. The quantitative estimate of drug-likeness (QED) is 0.909. The second-order valence-corrected chi connectivity index (χ2v) is 5.94. The highest BCUT2D eigenvalue weighted by atomic mass is 79.9. The van der Waals surface area contributed by atoms with Crippen LogP contribution in [0.3, 0.4) is 0 Å². The van der Waals surface area contributed by atoms with Gasteiger partial charge in [0.25, 0.3) is 5.91 Å². The van der Waals surface area contributed by atoms with E-state index in [0.29, 0.717) is 25.3 Å². The van der Waals surface area contributed by atoms with E-state index in [-0.39, 0.29) is 5.91 Å². The highest BCUT2D eigenvalue weighted by Gasteiger charge is 2.11. The monoisotopic (exact) mass is 361 g/mol. The highest BCUT2D eigenvalue weighted by molar-refractivity contribution is 9.10. The molecule has 0 radical (unpaired) electrons. The molecule has 4 nitrogen and oxygen atoms in total. The summed E-state index contributed by atoms with van der Waals surface area (Å²) in [6.07, 6.45) is 0.879. The Balaban J connectivity index is 1.65. The second kappa shape index (κ2) is 6.83. The van der Waals surface area contributed by atoms with E-state index in [1.54, 1.807) is 12.1 Å². The first-order valence-electron chi connectivity index (χ1n) is 7.15. The van der Waals surface area contributed by atoms with E-state index in [1.165, 1.54) is 0 Å². The molecular weight excluding hydrogens is 346 g/mol.